The molecule has 0 saturated carbocycles. The van der Waals surface area contributed by atoms with Gasteiger partial charge in [-0.05, 0) is 23.3 Å². The molecule has 0 atom stereocenters. The number of esters is 1. The van der Waals surface area contributed by atoms with Crippen LogP contribution in [0.1, 0.15) is 27.8 Å². The smallest absolute Gasteiger partial charge is 0.375 e. The lowest BCUT2D eigenvalue weighted by atomic mass is 10.1. The van der Waals surface area contributed by atoms with E-state index in [1.54, 1.807) is 6.07 Å². The van der Waals surface area contributed by atoms with Gasteiger partial charge in [0.05, 0.1) is 0 Å². The van der Waals surface area contributed by atoms with Crippen molar-refractivity contribution in [3.63, 3.8) is 0 Å². The molecular weight excluding hydrogens is 312 g/mol. The van der Waals surface area contributed by atoms with Gasteiger partial charge in [-0.2, -0.15) is 0 Å². The molecule has 3 heteroatoms. The van der Waals surface area contributed by atoms with Crippen LogP contribution in [-0.4, -0.2) is 5.97 Å². The molecule has 0 bridgehead atoms. The summed E-state index contributed by atoms with van der Waals surface area (Å²) in [5, 5.41) is 0.890. The third-order valence-corrected chi connectivity index (χ3v) is 4.63. The lowest BCUT2D eigenvalue weighted by molar-refractivity contribution is 0.0352. The van der Waals surface area contributed by atoms with Crippen LogP contribution in [0.4, 0.5) is 0 Å². The normalized spacial score (nSPS) is 12.8. The third kappa shape index (κ3) is 2.17. The van der Waals surface area contributed by atoms with Gasteiger partial charge in [-0.15, -0.1) is 0 Å². The maximum atomic E-state index is 12.7. The van der Waals surface area contributed by atoms with Gasteiger partial charge in [-0.3, -0.25) is 0 Å². The number of ether oxygens (including phenoxy) is 1. The molecule has 1 heterocycles. The monoisotopic (exact) mass is 326 g/mol. The highest BCUT2D eigenvalue weighted by atomic mass is 16.6. The van der Waals surface area contributed by atoms with Crippen LogP contribution < -0.4 is 0 Å². The summed E-state index contributed by atoms with van der Waals surface area (Å²) in [5.41, 5.74) is 4.92. The van der Waals surface area contributed by atoms with E-state index in [0.717, 1.165) is 27.6 Å². The molecule has 120 valence electrons. The number of benzene rings is 3. The summed E-state index contributed by atoms with van der Waals surface area (Å²) in [6.45, 7) is 0. The van der Waals surface area contributed by atoms with Gasteiger partial charge in [-0.25, -0.2) is 4.79 Å². The summed E-state index contributed by atoms with van der Waals surface area (Å²) < 4.78 is 11.5. The topological polar surface area (TPSA) is 39.4 Å². The summed E-state index contributed by atoms with van der Waals surface area (Å²) in [4.78, 5) is 12.7. The Morgan fingerprint density at radius 2 is 1.40 bits per heavy atom. The fourth-order valence-corrected chi connectivity index (χ4v) is 3.48. The van der Waals surface area contributed by atoms with E-state index in [-0.39, 0.29) is 5.76 Å². The van der Waals surface area contributed by atoms with E-state index < -0.39 is 12.1 Å². The lowest BCUT2D eigenvalue weighted by Crippen LogP contribution is -2.10. The zero-order chi connectivity index (χ0) is 16.8. The van der Waals surface area contributed by atoms with Crippen molar-refractivity contribution in [3.05, 3.63) is 95.7 Å². The summed E-state index contributed by atoms with van der Waals surface area (Å²) in [5.74, 6) is -0.226. The van der Waals surface area contributed by atoms with E-state index in [2.05, 4.69) is 12.1 Å². The average Bonchev–Trinajstić information content (AvgIpc) is 3.22. The highest BCUT2D eigenvalue weighted by Crippen LogP contribution is 2.45. The van der Waals surface area contributed by atoms with E-state index >= 15 is 0 Å². The van der Waals surface area contributed by atoms with Crippen LogP contribution in [-0.2, 0) is 4.74 Å². The zero-order valence-corrected chi connectivity index (χ0v) is 13.3. The molecule has 3 nitrogen and oxygen atoms in total. The molecule has 0 unspecified atom stereocenters. The molecule has 5 rings (SSSR count). The molecule has 0 radical (unpaired) electrons. The van der Waals surface area contributed by atoms with E-state index in [1.807, 2.05) is 60.7 Å². The highest BCUT2D eigenvalue weighted by molar-refractivity contribution is 5.93. The Labute approximate surface area is 144 Å². The first-order valence-electron chi connectivity index (χ1n) is 8.19. The molecule has 0 saturated heterocycles. The van der Waals surface area contributed by atoms with Gasteiger partial charge in [0.1, 0.15) is 5.58 Å². The molecule has 3 aromatic carbocycles. The molecular formula is C22H14O3. The Morgan fingerprint density at radius 1 is 0.800 bits per heavy atom. The van der Waals surface area contributed by atoms with Crippen molar-refractivity contribution >= 4 is 16.9 Å². The van der Waals surface area contributed by atoms with E-state index in [1.165, 1.54) is 0 Å². The largest absolute Gasteiger partial charge is 0.449 e. The van der Waals surface area contributed by atoms with Crippen molar-refractivity contribution in [2.75, 3.05) is 0 Å². The van der Waals surface area contributed by atoms with Gasteiger partial charge in [0.15, 0.2) is 6.10 Å². The highest BCUT2D eigenvalue weighted by Gasteiger charge is 2.32. The SMILES string of the molecule is O=C(OC1c2ccccc2-c2ccccc21)c1cc2ccccc2o1. The minimum Gasteiger partial charge on any atom is -0.449 e. The third-order valence-electron chi connectivity index (χ3n) is 4.63. The standard InChI is InChI=1S/C22H14O3/c23-22(20-13-14-7-1-6-12-19(14)24-20)25-21-17-10-4-2-8-15(17)16-9-3-5-11-18(16)21/h1-13,21H. The quantitative estimate of drug-likeness (QED) is 0.466. The number of furan rings is 1. The van der Waals surface area contributed by atoms with Crippen LogP contribution in [0.15, 0.2) is 83.3 Å². The van der Waals surface area contributed by atoms with Crippen LogP contribution in [0.3, 0.4) is 0 Å². The summed E-state index contributed by atoms with van der Waals surface area (Å²) in [7, 11) is 0. The Kier molecular flexibility index (Phi) is 3.01. The van der Waals surface area contributed by atoms with Gasteiger partial charge in [0.25, 0.3) is 0 Å². The maximum absolute atomic E-state index is 12.7. The van der Waals surface area contributed by atoms with Gasteiger partial charge in [0, 0.05) is 16.5 Å². The van der Waals surface area contributed by atoms with Crippen molar-refractivity contribution < 1.29 is 13.9 Å². The van der Waals surface area contributed by atoms with Gasteiger partial charge in [0.2, 0.25) is 5.76 Å². The predicted octanol–water partition coefficient (Wildman–Crippen LogP) is 5.36. The van der Waals surface area contributed by atoms with Crippen LogP contribution in [0.2, 0.25) is 0 Å². The van der Waals surface area contributed by atoms with Gasteiger partial charge < -0.3 is 9.15 Å². The minimum absolute atomic E-state index is 0.225. The number of fused-ring (bicyclic) bond motifs is 4. The fourth-order valence-electron chi connectivity index (χ4n) is 3.48. The lowest BCUT2D eigenvalue weighted by Gasteiger charge is -2.14. The minimum atomic E-state index is -0.451. The zero-order valence-electron chi connectivity index (χ0n) is 13.3. The second kappa shape index (κ2) is 5.35. The number of rotatable bonds is 2. The number of hydrogen-bond acceptors (Lipinski definition) is 3. The first kappa shape index (κ1) is 14.1. The molecule has 4 aromatic rings. The van der Waals surface area contributed by atoms with Crippen molar-refractivity contribution in [1.29, 1.82) is 0 Å². The molecule has 0 amide bonds. The fraction of sp³-hybridized carbons (Fsp3) is 0.0455. The van der Waals surface area contributed by atoms with Crippen LogP contribution >= 0.6 is 0 Å². The van der Waals surface area contributed by atoms with Crippen LogP contribution in [0.25, 0.3) is 22.1 Å². The number of carbonyl (C=O) groups is 1. The van der Waals surface area contributed by atoms with Crippen molar-refractivity contribution in [2.45, 2.75) is 6.10 Å². The Balaban J connectivity index is 1.54. The first-order chi connectivity index (χ1) is 12.3. The molecule has 0 spiro atoms. The molecule has 1 aliphatic carbocycles. The van der Waals surface area contributed by atoms with Crippen LogP contribution in [0, 0.1) is 0 Å². The average molecular weight is 326 g/mol. The Hall–Kier alpha value is -3.33. The molecule has 0 N–H and O–H groups in total. The Bertz CT molecular complexity index is 1030. The number of carbonyl (C=O) groups excluding carboxylic acids is 1. The predicted molar refractivity (Wildman–Crippen MR) is 95.4 cm³/mol. The molecule has 25 heavy (non-hydrogen) atoms. The van der Waals surface area contributed by atoms with Gasteiger partial charge in [-0.1, -0.05) is 66.7 Å². The number of para-hydroxylation sites is 1. The molecule has 0 aliphatic heterocycles. The van der Waals surface area contributed by atoms with Crippen LogP contribution in [0.5, 0.6) is 0 Å². The first-order valence-corrected chi connectivity index (χ1v) is 8.19. The molecule has 1 aromatic heterocycles. The van der Waals surface area contributed by atoms with E-state index in [9.17, 15) is 4.79 Å². The van der Waals surface area contributed by atoms with E-state index in [4.69, 9.17) is 9.15 Å². The molecule has 1 aliphatic rings. The van der Waals surface area contributed by atoms with Crippen molar-refractivity contribution in [3.8, 4) is 11.1 Å². The van der Waals surface area contributed by atoms with E-state index in [0.29, 0.717) is 5.58 Å². The summed E-state index contributed by atoms with van der Waals surface area (Å²) >= 11 is 0. The molecule has 0 fully saturated rings. The number of hydrogen-bond donors (Lipinski definition) is 0. The summed E-state index contributed by atoms with van der Waals surface area (Å²) in [6, 6.07) is 25.3. The summed E-state index contributed by atoms with van der Waals surface area (Å²) in [6.07, 6.45) is -0.409. The van der Waals surface area contributed by atoms with Crippen molar-refractivity contribution in [2.24, 2.45) is 0 Å². The maximum Gasteiger partial charge on any atom is 0.375 e. The second-order valence-electron chi connectivity index (χ2n) is 6.11. The van der Waals surface area contributed by atoms with Gasteiger partial charge >= 0.3 is 5.97 Å². The second-order valence-corrected chi connectivity index (χ2v) is 6.11. The Morgan fingerprint density at radius 3 is 2.08 bits per heavy atom. The van der Waals surface area contributed by atoms with Crippen molar-refractivity contribution in [1.82, 2.24) is 0 Å².